The maximum Gasteiger partial charge on any atom is 0.275 e. The lowest BCUT2D eigenvalue weighted by atomic mass is 9.71. The van der Waals surface area contributed by atoms with Gasteiger partial charge in [-0.25, -0.2) is 0 Å². The molecular formula is C23H30N4O2S. The van der Waals surface area contributed by atoms with Crippen molar-refractivity contribution in [3.63, 3.8) is 0 Å². The highest BCUT2D eigenvalue weighted by molar-refractivity contribution is 7.03. The number of rotatable bonds is 3. The summed E-state index contributed by atoms with van der Waals surface area (Å²) < 4.78 is 10.1. The number of aromatic nitrogens is 2. The lowest BCUT2D eigenvalue weighted by Gasteiger charge is -2.46. The van der Waals surface area contributed by atoms with Crippen molar-refractivity contribution in [2.45, 2.75) is 58.1 Å². The minimum Gasteiger partial charge on any atom is -0.487 e. The third-order valence-corrected chi connectivity index (χ3v) is 7.68. The van der Waals surface area contributed by atoms with Crippen molar-refractivity contribution in [2.75, 3.05) is 26.2 Å². The maximum atomic E-state index is 12.5. The van der Waals surface area contributed by atoms with Crippen LogP contribution in [0.4, 0.5) is 0 Å². The number of hydrogen-bond acceptors (Lipinski definition) is 6. The minimum atomic E-state index is -0.0929. The molecule has 6 nitrogen and oxygen atoms in total. The van der Waals surface area contributed by atoms with Crippen LogP contribution in [-0.4, -0.2) is 57.1 Å². The molecule has 7 heteroatoms. The first kappa shape index (κ1) is 19.9. The van der Waals surface area contributed by atoms with E-state index in [0.717, 1.165) is 57.7 Å². The van der Waals surface area contributed by atoms with Crippen LogP contribution in [0.1, 0.15) is 61.1 Å². The summed E-state index contributed by atoms with van der Waals surface area (Å²) in [5.74, 6) is 1.16. The average molecular weight is 427 g/mol. The Labute approximate surface area is 182 Å². The fourth-order valence-electron chi connectivity index (χ4n) is 5.33. The van der Waals surface area contributed by atoms with Gasteiger partial charge in [0.05, 0.1) is 0 Å². The molecule has 0 unspecified atom stereocenters. The molecule has 0 atom stereocenters. The molecular weight excluding hydrogens is 396 g/mol. The predicted molar refractivity (Wildman–Crippen MR) is 117 cm³/mol. The van der Waals surface area contributed by atoms with Gasteiger partial charge < -0.3 is 9.64 Å². The summed E-state index contributed by atoms with van der Waals surface area (Å²) in [4.78, 5) is 17.1. The first-order valence-electron chi connectivity index (χ1n) is 11.0. The summed E-state index contributed by atoms with van der Waals surface area (Å²) in [5, 5.41) is 5.69. The molecule has 2 fully saturated rings. The van der Waals surface area contributed by atoms with Crippen LogP contribution in [0.25, 0.3) is 0 Å². The highest BCUT2D eigenvalue weighted by Gasteiger charge is 2.39. The first-order chi connectivity index (χ1) is 14.4. The molecule has 2 aromatic rings. The van der Waals surface area contributed by atoms with Gasteiger partial charge >= 0.3 is 0 Å². The molecule has 3 aliphatic rings. The van der Waals surface area contributed by atoms with Crippen LogP contribution in [0.15, 0.2) is 23.6 Å². The van der Waals surface area contributed by atoms with Gasteiger partial charge in [0.1, 0.15) is 11.4 Å². The highest BCUT2D eigenvalue weighted by Crippen LogP contribution is 2.43. The summed E-state index contributed by atoms with van der Waals surface area (Å²) in [5.41, 5.74) is 3.46. The van der Waals surface area contributed by atoms with E-state index in [4.69, 9.17) is 4.74 Å². The Balaban J connectivity index is 1.16. The molecule has 1 aromatic heterocycles. The summed E-state index contributed by atoms with van der Waals surface area (Å²) in [7, 11) is 0. The third-order valence-electron chi connectivity index (χ3n) is 7.17. The second-order valence-electron chi connectivity index (χ2n) is 9.80. The van der Waals surface area contributed by atoms with Crippen LogP contribution < -0.4 is 4.74 Å². The van der Waals surface area contributed by atoms with Gasteiger partial charge in [0, 0.05) is 37.0 Å². The van der Waals surface area contributed by atoms with Crippen LogP contribution in [-0.2, 0) is 13.0 Å². The Bertz CT molecular complexity index is 909. The van der Waals surface area contributed by atoms with E-state index in [9.17, 15) is 4.79 Å². The zero-order valence-corrected chi connectivity index (χ0v) is 18.7. The number of hydrogen-bond donors (Lipinski definition) is 0. The Morgan fingerprint density at radius 3 is 2.57 bits per heavy atom. The van der Waals surface area contributed by atoms with Gasteiger partial charge in [-0.15, -0.1) is 5.10 Å². The highest BCUT2D eigenvalue weighted by atomic mass is 32.1. The van der Waals surface area contributed by atoms with E-state index < -0.39 is 0 Å². The third kappa shape index (κ3) is 3.85. The number of piperidine rings is 2. The molecule has 0 bridgehead atoms. The lowest BCUT2D eigenvalue weighted by molar-refractivity contribution is 0.0279. The molecule has 4 heterocycles. The molecule has 160 valence electrons. The topological polar surface area (TPSA) is 58.6 Å². The van der Waals surface area contributed by atoms with Gasteiger partial charge in [-0.05, 0) is 75.1 Å². The number of para-hydroxylation sites is 1. The predicted octanol–water partition coefficient (Wildman–Crippen LogP) is 3.77. The molecule has 0 N–H and O–H groups in total. The van der Waals surface area contributed by atoms with E-state index >= 15 is 0 Å². The Kier molecular flexibility index (Phi) is 5.06. The number of likely N-dealkylation sites (tertiary alicyclic amines) is 2. The molecule has 0 radical (unpaired) electrons. The number of benzene rings is 1. The molecule has 0 saturated carbocycles. The molecule has 30 heavy (non-hydrogen) atoms. The molecule has 5 rings (SSSR count). The van der Waals surface area contributed by atoms with Gasteiger partial charge in [-0.3, -0.25) is 9.69 Å². The lowest BCUT2D eigenvalue weighted by Crippen LogP contribution is -2.48. The summed E-state index contributed by atoms with van der Waals surface area (Å²) in [6.45, 7) is 9.23. The maximum absolute atomic E-state index is 12.5. The van der Waals surface area contributed by atoms with Gasteiger partial charge in [0.25, 0.3) is 5.91 Å². The zero-order chi connectivity index (χ0) is 20.8. The standard InChI is InChI=1S/C23H30N4O2S/c1-22(2)14-17-4-3-5-18(20(17)29-22)15-26-10-6-23(7-11-26)8-12-27(13-9-23)21(28)19-16-30-25-24-19/h3-5,16H,6-15H2,1-2H3. The quantitative estimate of drug-likeness (QED) is 0.748. The van der Waals surface area contributed by atoms with E-state index in [1.807, 2.05) is 4.90 Å². The van der Waals surface area contributed by atoms with Gasteiger partial charge in [-0.1, -0.05) is 22.7 Å². The van der Waals surface area contributed by atoms with Crippen LogP contribution in [0, 0.1) is 5.41 Å². The van der Waals surface area contributed by atoms with Crippen molar-refractivity contribution in [3.05, 3.63) is 40.4 Å². The van der Waals surface area contributed by atoms with Crippen LogP contribution in [0.5, 0.6) is 5.75 Å². The van der Waals surface area contributed by atoms with E-state index in [2.05, 4.69) is 46.5 Å². The molecule has 0 aliphatic carbocycles. The number of nitrogens with zero attached hydrogens (tertiary/aromatic N) is 4. The number of amides is 1. The average Bonchev–Trinajstić information content (AvgIpc) is 3.37. The SMILES string of the molecule is CC1(C)Cc2cccc(CN3CCC4(CC3)CCN(C(=O)c3csnn3)CC4)c2O1. The summed E-state index contributed by atoms with van der Waals surface area (Å²) >= 11 is 1.24. The smallest absolute Gasteiger partial charge is 0.275 e. The Morgan fingerprint density at radius 2 is 1.87 bits per heavy atom. The second kappa shape index (κ2) is 7.61. The summed E-state index contributed by atoms with van der Waals surface area (Å²) in [6, 6.07) is 6.60. The first-order valence-corrected chi connectivity index (χ1v) is 11.9. The monoisotopic (exact) mass is 426 g/mol. The largest absolute Gasteiger partial charge is 0.487 e. The Morgan fingerprint density at radius 1 is 1.13 bits per heavy atom. The zero-order valence-electron chi connectivity index (χ0n) is 17.9. The van der Waals surface area contributed by atoms with Crippen molar-refractivity contribution >= 4 is 17.4 Å². The fourth-order valence-corrected chi connectivity index (χ4v) is 5.76. The molecule has 1 amide bonds. The molecule has 1 spiro atoms. The van der Waals surface area contributed by atoms with Crippen molar-refractivity contribution in [1.29, 1.82) is 0 Å². The number of carbonyl (C=O) groups is 1. The molecule has 3 aliphatic heterocycles. The van der Waals surface area contributed by atoms with Crippen LogP contribution in [0.3, 0.4) is 0 Å². The number of carbonyl (C=O) groups excluding carboxylic acids is 1. The molecule has 2 saturated heterocycles. The number of fused-ring (bicyclic) bond motifs is 1. The Hall–Kier alpha value is -1.99. The normalized spacial score (nSPS) is 22.7. The fraction of sp³-hybridized carbons (Fsp3) is 0.609. The van der Waals surface area contributed by atoms with Crippen molar-refractivity contribution in [1.82, 2.24) is 19.4 Å². The van der Waals surface area contributed by atoms with Crippen molar-refractivity contribution in [2.24, 2.45) is 5.41 Å². The van der Waals surface area contributed by atoms with Gasteiger partial charge in [0.15, 0.2) is 5.69 Å². The van der Waals surface area contributed by atoms with Gasteiger partial charge in [0.2, 0.25) is 0 Å². The van der Waals surface area contributed by atoms with E-state index in [-0.39, 0.29) is 11.5 Å². The van der Waals surface area contributed by atoms with E-state index in [1.165, 1.54) is 35.5 Å². The van der Waals surface area contributed by atoms with E-state index in [0.29, 0.717) is 11.1 Å². The molecule has 1 aromatic carbocycles. The second-order valence-corrected chi connectivity index (χ2v) is 10.4. The van der Waals surface area contributed by atoms with Crippen molar-refractivity contribution in [3.8, 4) is 5.75 Å². The van der Waals surface area contributed by atoms with E-state index in [1.54, 1.807) is 5.38 Å². The van der Waals surface area contributed by atoms with Crippen LogP contribution >= 0.6 is 11.5 Å². The van der Waals surface area contributed by atoms with Crippen molar-refractivity contribution < 1.29 is 9.53 Å². The number of ether oxygens (including phenoxy) is 1. The van der Waals surface area contributed by atoms with Crippen LogP contribution in [0.2, 0.25) is 0 Å². The minimum absolute atomic E-state index is 0.0388. The van der Waals surface area contributed by atoms with Gasteiger partial charge in [-0.2, -0.15) is 0 Å². The summed E-state index contributed by atoms with van der Waals surface area (Å²) in [6.07, 6.45) is 5.62.